The minimum Gasteiger partial charge on any atom is -0.423 e. The lowest BCUT2D eigenvalue weighted by molar-refractivity contribution is -0.137. The highest BCUT2D eigenvalue weighted by Gasteiger charge is 2.40. The van der Waals surface area contributed by atoms with Crippen LogP contribution in [0.2, 0.25) is 5.02 Å². The van der Waals surface area contributed by atoms with Crippen LogP contribution in [0.3, 0.4) is 0 Å². The molecule has 0 radical (unpaired) electrons. The van der Waals surface area contributed by atoms with Crippen LogP contribution in [0, 0.1) is 0 Å². The predicted molar refractivity (Wildman–Crippen MR) is 123 cm³/mol. The average molecular weight is 521 g/mol. The van der Waals surface area contributed by atoms with Gasteiger partial charge in [-0.15, -0.1) is 0 Å². The molecular formula is C24H13Cl2F3N2O4. The fraction of sp³-hybridized carbons (Fsp3) is 0.0417. The number of hydrogen-bond acceptors (Lipinski definition) is 5. The molecule has 178 valence electrons. The number of anilines is 2. The Balaban J connectivity index is 1.50. The van der Waals surface area contributed by atoms with Gasteiger partial charge in [0.2, 0.25) is 0 Å². The van der Waals surface area contributed by atoms with E-state index in [0.717, 1.165) is 12.1 Å². The number of carbonyl (C=O) groups excluding carboxylic acids is 3. The Labute approximate surface area is 206 Å². The van der Waals surface area contributed by atoms with Crippen LogP contribution in [-0.2, 0) is 15.8 Å². The highest BCUT2D eigenvalue weighted by atomic mass is 35.5. The quantitative estimate of drug-likeness (QED) is 0.253. The summed E-state index contributed by atoms with van der Waals surface area (Å²) >= 11 is 11.9. The average Bonchev–Trinajstić information content (AvgIpc) is 3.02. The molecule has 11 heteroatoms. The number of nitrogens with zero attached hydrogens (tertiary/aromatic N) is 1. The van der Waals surface area contributed by atoms with E-state index in [1.54, 1.807) is 18.2 Å². The third kappa shape index (κ3) is 5.16. The summed E-state index contributed by atoms with van der Waals surface area (Å²) < 4.78 is 44.4. The summed E-state index contributed by atoms with van der Waals surface area (Å²) in [6.07, 6.45) is -4.66. The summed E-state index contributed by atoms with van der Waals surface area (Å²) in [5.74, 6) is -2.30. The first kappa shape index (κ1) is 24.3. The Hall–Kier alpha value is -3.82. The van der Waals surface area contributed by atoms with Crippen LogP contribution >= 0.6 is 23.2 Å². The van der Waals surface area contributed by atoms with Crippen molar-refractivity contribution in [1.82, 2.24) is 0 Å². The Morgan fingerprint density at radius 2 is 1.57 bits per heavy atom. The minimum atomic E-state index is -4.66. The molecule has 0 spiro atoms. The van der Waals surface area contributed by atoms with Gasteiger partial charge in [-0.05, 0) is 60.7 Å². The SMILES string of the molecule is O=C(Oc1cccc(Cl)c1)c1ccc(NC2=C(Cl)C(=O)N(c3cccc(C(F)(F)F)c3)C2=O)cc1. The van der Waals surface area contributed by atoms with E-state index in [-0.39, 0.29) is 22.7 Å². The molecular weight excluding hydrogens is 508 g/mol. The second kappa shape index (κ2) is 9.44. The third-order valence-corrected chi connectivity index (χ3v) is 5.44. The number of carbonyl (C=O) groups is 3. The van der Waals surface area contributed by atoms with Crippen LogP contribution in [0.5, 0.6) is 5.75 Å². The Morgan fingerprint density at radius 3 is 2.23 bits per heavy atom. The first-order valence-corrected chi connectivity index (χ1v) is 10.6. The largest absolute Gasteiger partial charge is 0.423 e. The zero-order chi connectivity index (χ0) is 25.3. The van der Waals surface area contributed by atoms with Gasteiger partial charge in [0.15, 0.2) is 0 Å². The second-order valence-electron chi connectivity index (χ2n) is 7.23. The Bertz CT molecular complexity index is 1370. The van der Waals surface area contributed by atoms with Gasteiger partial charge in [0.05, 0.1) is 16.8 Å². The molecule has 4 rings (SSSR count). The van der Waals surface area contributed by atoms with Crippen LogP contribution in [0.15, 0.2) is 83.5 Å². The van der Waals surface area contributed by atoms with E-state index in [2.05, 4.69) is 5.32 Å². The smallest absolute Gasteiger partial charge is 0.416 e. The molecule has 1 heterocycles. The molecule has 3 aromatic carbocycles. The summed E-state index contributed by atoms with van der Waals surface area (Å²) in [7, 11) is 0. The van der Waals surface area contributed by atoms with E-state index in [1.807, 2.05) is 0 Å². The van der Waals surface area contributed by atoms with Gasteiger partial charge < -0.3 is 10.1 Å². The third-order valence-electron chi connectivity index (χ3n) is 4.86. The fourth-order valence-electron chi connectivity index (χ4n) is 3.20. The van der Waals surface area contributed by atoms with E-state index in [0.29, 0.717) is 21.7 Å². The van der Waals surface area contributed by atoms with Crippen LogP contribution in [0.25, 0.3) is 0 Å². The summed E-state index contributed by atoms with van der Waals surface area (Å²) in [5, 5.41) is 2.59. The number of hydrogen-bond donors (Lipinski definition) is 1. The molecule has 6 nitrogen and oxygen atoms in total. The highest BCUT2D eigenvalue weighted by Crippen LogP contribution is 2.35. The van der Waals surface area contributed by atoms with Gasteiger partial charge in [-0.3, -0.25) is 9.59 Å². The number of nitrogens with one attached hydrogen (secondary N) is 1. The number of amides is 2. The van der Waals surface area contributed by atoms with E-state index < -0.39 is 34.6 Å². The zero-order valence-electron chi connectivity index (χ0n) is 17.4. The van der Waals surface area contributed by atoms with Crippen molar-refractivity contribution in [3.05, 3.63) is 99.7 Å². The van der Waals surface area contributed by atoms with Gasteiger partial charge in [0.1, 0.15) is 16.5 Å². The molecule has 0 saturated carbocycles. The maximum atomic E-state index is 13.0. The van der Waals surface area contributed by atoms with Gasteiger partial charge in [-0.25, -0.2) is 9.69 Å². The number of benzene rings is 3. The molecule has 0 bridgehead atoms. The molecule has 0 atom stereocenters. The Morgan fingerprint density at radius 1 is 0.886 bits per heavy atom. The van der Waals surface area contributed by atoms with Crippen molar-refractivity contribution in [3.63, 3.8) is 0 Å². The molecule has 35 heavy (non-hydrogen) atoms. The van der Waals surface area contributed by atoms with E-state index in [1.165, 1.54) is 36.4 Å². The molecule has 2 amide bonds. The van der Waals surface area contributed by atoms with Crippen molar-refractivity contribution >= 4 is 52.4 Å². The van der Waals surface area contributed by atoms with Crippen molar-refractivity contribution in [1.29, 1.82) is 0 Å². The van der Waals surface area contributed by atoms with Crippen LogP contribution in [0.1, 0.15) is 15.9 Å². The topological polar surface area (TPSA) is 75.7 Å². The molecule has 0 saturated heterocycles. The van der Waals surface area contributed by atoms with E-state index in [4.69, 9.17) is 27.9 Å². The van der Waals surface area contributed by atoms with Crippen molar-refractivity contribution in [2.75, 3.05) is 10.2 Å². The van der Waals surface area contributed by atoms with Crippen LogP contribution in [0.4, 0.5) is 24.5 Å². The lowest BCUT2D eigenvalue weighted by Crippen LogP contribution is -2.32. The number of ether oxygens (including phenoxy) is 1. The highest BCUT2D eigenvalue weighted by molar-refractivity contribution is 6.53. The van der Waals surface area contributed by atoms with Gasteiger partial charge in [0.25, 0.3) is 11.8 Å². The summed E-state index contributed by atoms with van der Waals surface area (Å²) in [6, 6.07) is 15.8. The second-order valence-corrected chi connectivity index (χ2v) is 8.05. The maximum Gasteiger partial charge on any atom is 0.416 e. The van der Waals surface area contributed by atoms with Crippen molar-refractivity contribution in [2.24, 2.45) is 0 Å². The Kier molecular flexibility index (Phi) is 6.56. The molecule has 1 aliphatic heterocycles. The number of rotatable bonds is 5. The van der Waals surface area contributed by atoms with Crippen molar-refractivity contribution < 1.29 is 32.3 Å². The minimum absolute atomic E-state index is 0.190. The van der Waals surface area contributed by atoms with Gasteiger partial charge in [0, 0.05) is 10.7 Å². The van der Waals surface area contributed by atoms with Gasteiger partial charge in [-0.2, -0.15) is 13.2 Å². The van der Waals surface area contributed by atoms with Crippen LogP contribution in [-0.4, -0.2) is 17.8 Å². The lowest BCUT2D eigenvalue weighted by Gasteiger charge is -2.17. The molecule has 0 aliphatic carbocycles. The first-order valence-electron chi connectivity index (χ1n) is 9.85. The number of alkyl halides is 3. The zero-order valence-corrected chi connectivity index (χ0v) is 18.9. The molecule has 0 fully saturated rings. The number of halogens is 5. The summed E-state index contributed by atoms with van der Waals surface area (Å²) in [4.78, 5) is 38.3. The monoisotopic (exact) mass is 520 g/mol. The van der Waals surface area contributed by atoms with Crippen molar-refractivity contribution in [3.8, 4) is 5.75 Å². The van der Waals surface area contributed by atoms with Gasteiger partial charge >= 0.3 is 12.1 Å². The molecule has 3 aromatic rings. The maximum absolute atomic E-state index is 13.0. The normalized spacial score (nSPS) is 13.9. The fourth-order valence-corrected chi connectivity index (χ4v) is 3.59. The predicted octanol–water partition coefficient (Wildman–Crippen LogP) is 6.01. The first-order chi connectivity index (χ1) is 16.5. The standard InChI is InChI=1S/C24H13Cl2F3N2O4/c25-15-4-2-6-18(12-15)35-23(34)13-7-9-16(10-8-13)30-20-19(26)21(32)31(22(20)33)17-5-1-3-14(11-17)24(27,28)29/h1-12,30H. The van der Waals surface area contributed by atoms with Crippen molar-refractivity contribution in [2.45, 2.75) is 6.18 Å². The molecule has 0 unspecified atom stereocenters. The molecule has 0 aromatic heterocycles. The lowest BCUT2D eigenvalue weighted by atomic mass is 10.2. The number of esters is 1. The van der Waals surface area contributed by atoms with E-state index >= 15 is 0 Å². The summed E-state index contributed by atoms with van der Waals surface area (Å²) in [5.41, 5.74) is -1.12. The number of imide groups is 1. The van der Waals surface area contributed by atoms with Gasteiger partial charge in [-0.1, -0.05) is 35.3 Å². The summed E-state index contributed by atoms with van der Waals surface area (Å²) in [6.45, 7) is 0. The van der Waals surface area contributed by atoms with Crippen LogP contribution < -0.4 is 15.0 Å². The molecule has 1 N–H and O–H groups in total. The molecule has 1 aliphatic rings. The van der Waals surface area contributed by atoms with E-state index in [9.17, 15) is 27.6 Å².